The molecular weight excluding hydrogens is 378 g/mol. The van der Waals surface area contributed by atoms with E-state index in [4.69, 9.17) is 4.42 Å². The van der Waals surface area contributed by atoms with Crippen molar-refractivity contribution in [2.24, 2.45) is 0 Å². The zero-order valence-electron chi connectivity index (χ0n) is 17.6. The minimum Gasteiger partial charge on any atom is -0.455 e. The van der Waals surface area contributed by atoms with Crippen LogP contribution in [-0.2, 0) is 5.41 Å². The molecule has 3 aromatic carbocycles. The monoisotopic (exact) mass is 401 g/mol. The fourth-order valence-corrected chi connectivity index (χ4v) is 6.23. The summed E-state index contributed by atoms with van der Waals surface area (Å²) in [5.74, 6) is 0. The highest BCUT2D eigenvalue weighted by molar-refractivity contribution is 6.11. The highest BCUT2D eigenvalue weighted by Crippen LogP contribution is 2.58. The lowest BCUT2D eigenvalue weighted by atomic mass is 9.77. The van der Waals surface area contributed by atoms with Crippen LogP contribution in [0.3, 0.4) is 0 Å². The van der Waals surface area contributed by atoms with Crippen molar-refractivity contribution in [2.45, 2.75) is 38.0 Å². The van der Waals surface area contributed by atoms with Gasteiger partial charge in [0, 0.05) is 27.9 Å². The van der Waals surface area contributed by atoms with E-state index in [2.05, 4.69) is 66.5 Å². The van der Waals surface area contributed by atoms with Gasteiger partial charge in [-0.1, -0.05) is 55.3 Å². The van der Waals surface area contributed by atoms with E-state index in [1.165, 1.54) is 64.3 Å². The van der Waals surface area contributed by atoms with Gasteiger partial charge in [0.1, 0.15) is 11.2 Å². The predicted molar refractivity (Wildman–Crippen MR) is 126 cm³/mol. The molecule has 0 N–H and O–H groups in total. The number of pyridine rings is 1. The van der Waals surface area contributed by atoms with Crippen LogP contribution in [0.15, 0.2) is 77.3 Å². The van der Waals surface area contributed by atoms with Gasteiger partial charge >= 0.3 is 0 Å². The van der Waals surface area contributed by atoms with Crippen LogP contribution in [0, 0.1) is 6.92 Å². The molecule has 0 saturated heterocycles. The Morgan fingerprint density at radius 2 is 1.65 bits per heavy atom. The third-order valence-electron chi connectivity index (χ3n) is 7.61. The normalized spacial score (nSPS) is 16.3. The second-order valence-electron chi connectivity index (χ2n) is 9.18. The van der Waals surface area contributed by atoms with Crippen molar-refractivity contribution in [3.05, 3.63) is 89.6 Å². The van der Waals surface area contributed by atoms with Crippen LogP contribution in [-0.4, -0.2) is 4.98 Å². The molecule has 0 radical (unpaired) electrons. The van der Waals surface area contributed by atoms with Crippen LogP contribution >= 0.6 is 0 Å². The smallest absolute Gasteiger partial charge is 0.145 e. The Labute approximate surface area is 181 Å². The van der Waals surface area contributed by atoms with Crippen LogP contribution in [0.1, 0.15) is 42.4 Å². The number of aromatic nitrogens is 1. The lowest BCUT2D eigenvalue weighted by Gasteiger charge is -2.26. The van der Waals surface area contributed by atoms with E-state index in [1.54, 1.807) is 0 Å². The number of hydrogen-bond donors (Lipinski definition) is 0. The Morgan fingerprint density at radius 3 is 2.48 bits per heavy atom. The summed E-state index contributed by atoms with van der Waals surface area (Å²) < 4.78 is 6.61. The largest absolute Gasteiger partial charge is 0.455 e. The summed E-state index contributed by atoms with van der Waals surface area (Å²) in [5, 5.41) is 2.38. The number of hydrogen-bond acceptors (Lipinski definition) is 2. The van der Waals surface area contributed by atoms with Gasteiger partial charge in [0.15, 0.2) is 0 Å². The Balaban J connectivity index is 1.57. The van der Waals surface area contributed by atoms with Crippen LogP contribution < -0.4 is 0 Å². The first-order valence-corrected chi connectivity index (χ1v) is 11.3. The Morgan fingerprint density at radius 1 is 0.806 bits per heavy atom. The van der Waals surface area contributed by atoms with Crippen molar-refractivity contribution in [1.29, 1.82) is 0 Å². The third-order valence-corrected chi connectivity index (χ3v) is 7.61. The van der Waals surface area contributed by atoms with Crippen molar-refractivity contribution in [2.75, 3.05) is 0 Å². The molecular formula is C29H23NO. The predicted octanol–water partition coefficient (Wildman–Crippen LogP) is 7.80. The first-order valence-electron chi connectivity index (χ1n) is 11.3. The summed E-state index contributed by atoms with van der Waals surface area (Å²) in [7, 11) is 0. The molecule has 0 unspecified atom stereocenters. The van der Waals surface area contributed by atoms with Gasteiger partial charge in [0.05, 0.1) is 5.69 Å². The molecule has 5 aromatic rings. The second kappa shape index (κ2) is 6.07. The fourth-order valence-electron chi connectivity index (χ4n) is 6.23. The van der Waals surface area contributed by atoms with E-state index in [0.717, 1.165) is 22.4 Å². The lowest BCUT2D eigenvalue weighted by Crippen LogP contribution is -2.20. The van der Waals surface area contributed by atoms with Crippen LogP contribution in [0.25, 0.3) is 44.3 Å². The van der Waals surface area contributed by atoms with Gasteiger partial charge in [0.25, 0.3) is 0 Å². The fraction of sp³-hybridized carbons (Fsp3) is 0.207. The molecule has 2 nitrogen and oxygen atoms in total. The van der Waals surface area contributed by atoms with Gasteiger partial charge in [-0.25, -0.2) is 0 Å². The van der Waals surface area contributed by atoms with Gasteiger partial charge < -0.3 is 4.42 Å². The van der Waals surface area contributed by atoms with Gasteiger partial charge in [-0.15, -0.1) is 0 Å². The highest BCUT2D eigenvalue weighted by atomic mass is 16.3. The number of aryl methyl sites for hydroxylation is 1. The van der Waals surface area contributed by atoms with E-state index < -0.39 is 0 Å². The van der Waals surface area contributed by atoms with E-state index in [0.29, 0.717) is 0 Å². The average Bonchev–Trinajstić information content (AvgIpc) is 3.50. The first-order chi connectivity index (χ1) is 15.3. The standard InChI is InChI=1S/C29H23NO/c1-18-11-12-20-22-16-21-19-8-2-3-9-23(19)29(13-5-6-14-29)24(21)17-26(22)31-28(20)27(18)25-10-4-7-15-30-25/h2-4,7-12,15-17H,5-6,13-14H2,1H3. The summed E-state index contributed by atoms with van der Waals surface area (Å²) in [4.78, 5) is 4.62. The molecule has 2 aromatic heterocycles. The van der Waals surface area contributed by atoms with Crippen molar-refractivity contribution in [3.63, 3.8) is 0 Å². The van der Waals surface area contributed by atoms with Crippen molar-refractivity contribution in [1.82, 2.24) is 4.98 Å². The number of rotatable bonds is 1. The lowest BCUT2D eigenvalue weighted by molar-refractivity contribution is 0.549. The maximum absolute atomic E-state index is 6.61. The number of nitrogens with zero attached hydrogens (tertiary/aromatic N) is 1. The number of fused-ring (bicyclic) bond motifs is 8. The van der Waals surface area contributed by atoms with Gasteiger partial charge in [0.2, 0.25) is 0 Å². The number of benzene rings is 3. The van der Waals surface area contributed by atoms with Crippen molar-refractivity contribution < 1.29 is 4.42 Å². The molecule has 1 saturated carbocycles. The van der Waals surface area contributed by atoms with Gasteiger partial charge in [-0.2, -0.15) is 0 Å². The minimum absolute atomic E-state index is 0.165. The molecule has 150 valence electrons. The minimum atomic E-state index is 0.165. The maximum atomic E-state index is 6.61. The second-order valence-corrected chi connectivity index (χ2v) is 9.18. The summed E-state index contributed by atoms with van der Waals surface area (Å²) in [6.45, 7) is 2.14. The molecule has 0 aliphatic heterocycles. The summed E-state index contributed by atoms with van der Waals surface area (Å²) in [6, 6.07) is 24.2. The molecule has 0 amide bonds. The molecule has 2 aliphatic carbocycles. The molecule has 31 heavy (non-hydrogen) atoms. The quantitative estimate of drug-likeness (QED) is 0.286. The Hall–Kier alpha value is -3.39. The third kappa shape index (κ3) is 2.20. The van der Waals surface area contributed by atoms with Crippen LogP contribution in [0.2, 0.25) is 0 Å². The maximum Gasteiger partial charge on any atom is 0.145 e. The topological polar surface area (TPSA) is 26.0 Å². The molecule has 2 heterocycles. The van der Waals surface area contributed by atoms with E-state index in [-0.39, 0.29) is 5.41 Å². The molecule has 1 spiro atoms. The average molecular weight is 402 g/mol. The van der Waals surface area contributed by atoms with Crippen molar-refractivity contribution >= 4 is 21.9 Å². The molecule has 2 aliphatic rings. The molecule has 1 fully saturated rings. The van der Waals surface area contributed by atoms with E-state index in [1.807, 2.05) is 18.3 Å². The molecule has 0 bridgehead atoms. The van der Waals surface area contributed by atoms with Gasteiger partial charge in [-0.05, 0) is 71.8 Å². The first kappa shape index (κ1) is 17.3. The van der Waals surface area contributed by atoms with Crippen molar-refractivity contribution in [3.8, 4) is 22.4 Å². The summed E-state index contributed by atoms with van der Waals surface area (Å²) in [6.07, 6.45) is 6.93. The Bertz CT molecular complexity index is 1490. The van der Waals surface area contributed by atoms with E-state index in [9.17, 15) is 0 Å². The summed E-state index contributed by atoms with van der Waals surface area (Å²) >= 11 is 0. The van der Waals surface area contributed by atoms with E-state index >= 15 is 0 Å². The zero-order valence-corrected chi connectivity index (χ0v) is 17.6. The summed E-state index contributed by atoms with van der Waals surface area (Å²) in [5.41, 5.74) is 11.2. The number of furan rings is 1. The molecule has 2 heteroatoms. The highest BCUT2D eigenvalue weighted by Gasteiger charge is 2.45. The zero-order chi connectivity index (χ0) is 20.6. The SMILES string of the molecule is Cc1ccc2c(oc3cc4c(cc32)-c2ccccc2C42CCCC2)c1-c1ccccn1. The molecule has 0 atom stereocenters. The Kier molecular flexibility index (Phi) is 3.39. The van der Waals surface area contributed by atoms with Crippen LogP contribution in [0.5, 0.6) is 0 Å². The van der Waals surface area contributed by atoms with Crippen LogP contribution in [0.4, 0.5) is 0 Å². The van der Waals surface area contributed by atoms with Gasteiger partial charge in [-0.3, -0.25) is 4.98 Å². The molecule has 7 rings (SSSR count).